The zero-order valence-electron chi connectivity index (χ0n) is 9.17. The molecule has 0 bridgehead atoms. The van der Waals surface area contributed by atoms with Crippen LogP contribution in [-0.2, 0) is 4.79 Å². The Morgan fingerprint density at radius 1 is 1.53 bits per heavy atom. The first-order valence-electron chi connectivity index (χ1n) is 5.25. The molecule has 2 heterocycles. The predicted molar refractivity (Wildman–Crippen MR) is 67.4 cm³/mol. The zero-order valence-corrected chi connectivity index (χ0v) is 9.98. The fourth-order valence-electron chi connectivity index (χ4n) is 1.81. The molecule has 4 N–H and O–H groups in total. The average molecular weight is 251 g/mol. The Morgan fingerprint density at radius 3 is 2.88 bits per heavy atom. The fraction of sp³-hybridized carbons (Fsp3) is 0.400. The molecule has 2 rings (SSSR count). The van der Waals surface area contributed by atoms with Gasteiger partial charge in [0.1, 0.15) is 10.7 Å². The molecule has 1 atom stereocenters. The number of anilines is 1. The van der Waals surface area contributed by atoms with Crippen LogP contribution < -0.4 is 16.4 Å². The number of carbonyl (C=O) groups excluding carboxylic acids is 1. The number of thiocarbonyl (C=S) groups is 1. The number of hydrogen-bond acceptors (Lipinski definition) is 5. The number of carbonyl (C=O) groups is 1. The predicted octanol–water partition coefficient (Wildman–Crippen LogP) is -0.578. The molecule has 1 aromatic rings. The van der Waals surface area contributed by atoms with Gasteiger partial charge in [-0.05, 0) is 12.5 Å². The molecule has 90 valence electrons. The lowest BCUT2D eigenvalue weighted by molar-refractivity contribution is -0.121. The maximum atomic E-state index is 11.1. The first kappa shape index (κ1) is 11.7. The van der Waals surface area contributed by atoms with Crippen LogP contribution in [0.15, 0.2) is 12.3 Å². The second-order valence-electron chi connectivity index (χ2n) is 3.94. The van der Waals surface area contributed by atoms with E-state index >= 15 is 0 Å². The fourth-order valence-corrected chi connectivity index (χ4v) is 1.93. The van der Waals surface area contributed by atoms with E-state index < -0.39 is 0 Å². The number of nitrogens with zero attached hydrogens (tertiary/aromatic N) is 3. The molecule has 6 nitrogen and oxygen atoms in total. The Bertz CT molecular complexity index is 464. The monoisotopic (exact) mass is 251 g/mol. The molecule has 0 aromatic carbocycles. The van der Waals surface area contributed by atoms with Gasteiger partial charge in [0.15, 0.2) is 0 Å². The van der Waals surface area contributed by atoms with Gasteiger partial charge in [-0.2, -0.15) is 0 Å². The highest BCUT2D eigenvalue weighted by atomic mass is 32.1. The molecule has 1 aromatic heterocycles. The maximum absolute atomic E-state index is 11.1. The standard InChI is InChI=1S/C10H13N5OS/c11-8(16)6-2-4-15(5-6)10-13-3-1-7(14-10)9(12)17/h1,3,6H,2,4-5H2,(H2,11,16)(H2,12,17). The third-order valence-electron chi connectivity index (χ3n) is 2.77. The van der Waals surface area contributed by atoms with Gasteiger partial charge in [-0.3, -0.25) is 4.79 Å². The summed E-state index contributed by atoms with van der Waals surface area (Å²) >= 11 is 4.86. The second kappa shape index (κ2) is 4.62. The molecular weight excluding hydrogens is 238 g/mol. The zero-order chi connectivity index (χ0) is 12.4. The maximum Gasteiger partial charge on any atom is 0.225 e. The average Bonchev–Trinajstić information content (AvgIpc) is 2.78. The summed E-state index contributed by atoms with van der Waals surface area (Å²) in [5.41, 5.74) is 11.3. The number of rotatable bonds is 3. The van der Waals surface area contributed by atoms with Crippen molar-refractivity contribution in [1.82, 2.24) is 9.97 Å². The van der Waals surface area contributed by atoms with E-state index in [-0.39, 0.29) is 16.8 Å². The summed E-state index contributed by atoms with van der Waals surface area (Å²) in [4.78, 5) is 21.6. The molecular formula is C10H13N5OS. The van der Waals surface area contributed by atoms with E-state index in [0.29, 0.717) is 24.7 Å². The quantitative estimate of drug-likeness (QED) is 0.698. The van der Waals surface area contributed by atoms with Crippen LogP contribution in [0.4, 0.5) is 5.95 Å². The van der Waals surface area contributed by atoms with E-state index in [2.05, 4.69) is 9.97 Å². The first-order chi connectivity index (χ1) is 8.08. The van der Waals surface area contributed by atoms with E-state index in [9.17, 15) is 4.79 Å². The van der Waals surface area contributed by atoms with Crippen LogP contribution in [0.5, 0.6) is 0 Å². The largest absolute Gasteiger partial charge is 0.388 e. The minimum atomic E-state index is -0.280. The van der Waals surface area contributed by atoms with Crippen molar-refractivity contribution in [2.45, 2.75) is 6.42 Å². The Kier molecular flexibility index (Phi) is 3.19. The summed E-state index contributed by atoms with van der Waals surface area (Å²) in [6.07, 6.45) is 2.34. The molecule has 1 amide bonds. The minimum absolute atomic E-state index is 0.132. The first-order valence-corrected chi connectivity index (χ1v) is 5.66. The van der Waals surface area contributed by atoms with Crippen molar-refractivity contribution in [3.63, 3.8) is 0 Å². The van der Waals surface area contributed by atoms with Gasteiger partial charge in [0.25, 0.3) is 0 Å². The van der Waals surface area contributed by atoms with Gasteiger partial charge in [0, 0.05) is 19.3 Å². The van der Waals surface area contributed by atoms with Crippen LogP contribution in [-0.4, -0.2) is 34.0 Å². The van der Waals surface area contributed by atoms with Crippen molar-refractivity contribution in [3.05, 3.63) is 18.0 Å². The van der Waals surface area contributed by atoms with Crippen LogP contribution in [0.25, 0.3) is 0 Å². The molecule has 17 heavy (non-hydrogen) atoms. The van der Waals surface area contributed by atoms with Gasteiger partial charge in [0.05, 0.1) is 5.92 Å². The number of nitrogens with two attached hydrogens (primary N) is 2. The third kappa shape index (κ3) is 2.50. The topological polar surface area (TPSA) is 98.1 Å². The SMILES string of the molecule is NC(=O)C1CCN(c2nccc(C(N)=S)n2)C1. The second-order valence-corrected chi connectivity index (χ2v) is 4.38. The van der Waals surface area contributed by atoms with Crippen LogP contribution in [0.3, 0.4) is 0 Å². The van der Waals surface area contributed by atoms with Crippen LogP contribution in [0, 0.1) is 5.92 Å². The summed E-state index contributed by atoms with van der Waals surface area (Å²) in [6.45, 7) is 1.27. The Balaban J connectivity index is 2.16. The summed E-state index contributed by atoms with van der Waals surface area (Å²) < 4.78 is 0. The molecule has 0 aliphatic carbocycles. The number of amides is 1. The molecule has 1 fully saturated rings. The van der Waals surface area contributed by atoms with Crippen LogP contribution in [0.1, 0.15) is 12.1 Å². The molecule has 1 saturated heterocycles. The van der Waals surface area contributed by atoms with E-state index in [0.717, 1.165) is 6.42 Å². The lowest BCUT2D eigenvalue weighted by Gasteiger charge is -2.15. The Labute approximate surface area is 104 Å². The Morgan fingerprint density at radius 2 is 2.29 bits per heavy atom. The summed E-state index contributed by atoms with van der Waals surface area (Å²) in [7, 11) is 0. The molecule has 1 aliphatic rings. The van der Waals surface area contributed by atoms with Crippen LogP contribution in [0.2, 0.25) is 0 Å². The van der Waals surface area contributed by atoms with Crippen molar-refractivity contribution in [3.8, 4) is 0 Å². The van der Waals surface area contributed by atoms with Crippen molar-refractivity contribution in [2.24, 2.45) is 17.4 Å². The van der Waals surface area contributed by atoms with Gasteiger partial charge in [-0.15, -0.1) is 0 Å². The van der Waals surface area contributed by atoms with E-state index in [1.165, 1.54) is 0 Å². The highest BCUT2D eigenvalue weighted by Gasteiger charge is 2.28. The highest BCUT2D eigenvalue weighted by molar-refractivity contribution is 7.80. The molecule has 7 heteroatoms. The number of primary amides is 1. The normalized spacial score (nSPS) is 19.3. The smallest absolute Gasteiger partial charge is 0.225 e. The minimum Gasteiger partial charge on any atom is -0.388 e. The van der Waals surface area contributed by atoms with Gasteiger partial charge < -0.3 is 16.4 Å². The molecule has 1 unspecified atom stereocenters. The van der Waals surface area contributed by atoms with E-state index in [1.807, 2.05) is 4.90 Å². The van der Waals surface area contributed by atoms with E-state index in [1.54, 1.807) is 12.3 Å². The lowest BCUT2D eigenvalue weighted by atomic mass is 10.1. The highest BCUT2D eigenvalue weighted by Crippen LogP contribution is 2.20. The van der Waals surface area contributed by atoms with Crippen molar-refractivity contribution < 1.29 is 4.79 Å². The molecule has 1 aliphatic heterocycles. The lowest BCUT2D eigenvalue weighted by Crippen LogP contribution is -2.28. The third-order valence-corrected chi connectivity index (χ3v) is 2.98. The van der Waals surface area contributed by atoms with Gasteiger partial charge >= 0.3 is 0 Å². The van der Waals surface area contributed by atoms with Gasteiger partial charge in [0.2, 0.25) is 11.9 Å². The number of aromatic nitrogens is 2. The summed E-state index contributed by atoms with van der Waals surface area (Å²) in [5, 5.41) is 0. The van der Waals surface area contributed by atoms with Gasteiger partial charge in [-0.1, -0.05) is 12.2 Å². The Hall–Kier alpha value is -1.76. The van der Waals surface area contributed by atoms with Crippen LogP contribution >= 0.6 is 12.2 Å². The van der Waals surface area contributed by atoms with E-state index in [4.69, 9.17) is 23.7 Å². The molecule has 0 saturated carbocycles. The van der Waals surface area contributed by atoms with Crippen molar-refractivity contribution >= 4 is 29.1 Å². The summed E-state index contributed by atoms with van der Waals surface area (Å²) in [6, 6.07) is 1.66. The number of hydrogen-bond donors (Lipinski definition) is 2. The van der Waals surface area contributed by atoms with Gasteiger partial charge in [-0.25, -0.2) is 9.97 Å². The molecule has 0 radical (unpaired) electrons. The summed E-state index contributed by atoms with van der Waals surface area (Å²) in [5.74, 6) is 0.129. The van der Waals surface area contributed by atoms with Crippen molar-refractivity contribution in [2.75, 3.05) is 18.0 Å². The molecule has 0 spiro atoms. The van der Waals surface area contributed by atoms with Crippen molar-refractivity contribution in [1.29, 1.82) is 0 Å².